The minimum absolute atomic E-state index is 0. The molecule has 0 fully saturated rings. The Bertz CT molecular complexity index is 902. The number of aromatic nitrogens is 3. The van der Waals surface area contributed by atoms with Crippen molar-refractivity contribution in [2.75, 3.05) is 7.05 Å². The van der Waals surface area contributed by atoms with Crippen molar-refractivity contribution in [1.82, 2.24) is 25.6 Å². The molecule has 0 bridgehead atoms. The fourth-order valence-corrected chi connectivity index (χ4v) is 3.31. The Hall–Kier alpha value is -2.36. The zero-order chi connectivity index (χ0) is 20.5. The first-order chi connectivity index (χ1) is 14.2. The first kappa shape index (κ1) is 23.9. The van der Waals surface area contributed by atoms with E-state index in [0.717, 1.165) is 36.8 Å². The molecule has 0 saturated heterocycles. The number of nitrogens with zero attached hydrogens (tertiary/aromatic N) is 4. The molecule has 8 heteroatoms. The smallest absolute Gasteiger partial charge is 0.191 e. The maximum absolute atomic E-state index is 5.47. The van der Waals surface area contributed by atoms with Crippen LogP contribution < -0.4 is 10.6 Å². The van der Waals surface area contributed by atoms with Gasteiger partial charge in [-0.1, -0.05) is 43.3 Å². The third-order valence-electron chi connectivity index (χ3n) is 4.99. The lowest BCUT2D eigenvalue weighted by atomic mass is 9.99. The molecule has 0 aliphatic carbocycles. The second-order valence-corrected chi connectivity index (χ2v) is 7.03. The summed E-state index contributed by atoms with van der Waals surface area (Å²) in [6.07, 6.45) is 5.90. The van der Waals surface area contributed by atoms with Crippen molar-refractivity contribution < 1.29 is 4.52 Å². The highest BCUT2D eigenvalue weighted by Gasteiger charge is 2.13. The Balaban J connectivity index is 0.00000320. The zero-order valence-corrected chi connectivity index (χ0v) is 20.2. The summed E-state index contributed by atoms with van der Waals surface area (Å²) in [5.41, 5.74) is 3.43. The van der Waals surface area contributed by atoms with E-state index in [2.05, 4.69) is 64.0 Å². The molecule has 162 valence electrons. The van der Waals surface area contributed by atoms with E-state index >= 15 is 0 Å². The summed E-state index contributed by atoms with van der Waals surface area (Å²) in [7, 11) is 1.76. The number of guanidine groups is 1. The minimum Gasteiger partial charge on any atom is -0.359 e. The highest BCUT2D eigenvalue weighted by molar-refractivity contribution is 14.0. The van der Waals surface area contributed by atoms with Crippen molar-refractivity contribution in [3.8, 4) is 0 Å². The molecule has 0 spiro atoms. The molecule has 2 aromatic heterocycles. The minimum atomic E-state index is 0. The van der Waals surface area contributed by atoms with Crippen LogP contribution in [0.2, 0.25) is 0 Å². The van der Waals surface area contributed by atoms with Crippen LogP contribution in [-0.4, -0.2) is 27.9 Å². The SMILES string of the molecule is CCC(CC)c1cc(CNC(=NC)NCc2cccc(Cn3cccn3)c2)on1.I. The highest BCUT2D eigenvalue weighted by Crippen LogP contribution is 2.22. The molecular formula is C22H31IN6O. The van der Waals surface area contributed by atoms with Crippen LogP contribution in [0.4, 0.5) is 0 Å². The average molecular weight is 522 g/mol. The molecule has 3 rings (SSSR count). The van der Waals surface area contributed by atoms with Gasteiger partial charge in [0.1, 0.15) is 0 Å². The largest absolute Gasteiger partial charge is 0.359 e. The number of hydrogen-bond donors (Lipinski definition) is 2. The summed E-state index contributed by atoms with van der Waals surface area (Å²) >= 11 is 0. The van der Waals surface area contributed by atoms with Gasteiger partial charge in [0, 0.05) is 38.0 Å². The lowest BCUT2D eigenvalue weighted by molar-refractivity contribution is 0.368. The molecule has 2 N–H and O–H groups in total. The van der Waals surface area contributed by atoms with Gasteiger partial charge < -0.3 is 15.2 Å². The Morgan fingerprint density at radius 1 is 1.10 bits per heavy atom. The van der Waals surface area contributed by atoms with Crippen molar-refractivity contribution in [3.63, 3.8) is 0 Å². The van der Waals surface area contributed by atoms with Crippen molar-refractivity contribution >= 4 is 29.9 Å². The Kier molecular flexibility index (Phi) is 9.85. The monoisotopic (exact) mass is 522 g/mol. The first-order valence-electron chi connectivity index (χ1n) is 10.2. The average Bonchev–Trinajstić information content (AvgIpc) is 3.42. The van der Waals surface area contributed by atoms with Crippen LogP contribution in [0.3, 0.4) is 0 Å². The topological polar surface area (TPSA) is 80.3 Å². The molecule has 0 amide bonds. The molecule has 0 saturated carbocycles. The van der Waals surface area contributed by atoms with E-state index in [0.29, 0.717) is 19.0 Å². The lowest BCUT2D eigenvalue weighted by Crippen LogP contribution is -2.36. The molecule has 0 aliphatic heterocycles. The van der Waals surface area contributed by atoms with Gasteiger partial charge >= 0.3 is 0 Å². The Morgan fingerprint density at radius 2 is 1.87 bits per heavy atom. The van der Waals surface area contributed by atoms with Crippen LogP contribution in [0.5, 0.6) is 0 Å². The number of benzene rings is 1. The van der Waals surface area contributed by atoms with E-state index in [1.54, 1.807) is 13.2 Å². The van der Waals surface area contributed by atoms with Gasteiger partial charge in [-0.25, -0.2) is 0 Å². The van der Waals surface area contributed by atoms with Crippen LogP contribution in [0.25, 0.3) is 0 Å². The molecule has 0 radical (unpaired) electrons. The molecule has 7 nitrogen and oxygen atoms in total. The van der Waals surface area contributed by atoms with E-state index in [4.69, 9.17) is 4.52 Å². The number of aliphatic imine (C=N–C) groups is 1. The van der Waals surface area contributed by atoms with Crippen LogP contribution >= 0.6 is 24.0 Å². The second kappa shape index (κ2) is 12.4. The summed E-state index contributed by atoms with van der Waals surface area (Å²) in [6, 6.07) is 12.4. The maximum atomic E-state index is 5.47. The van der Waals surface area contributed by atoms with Crippen molar-refractivity contribution in [3.05, 3.63) is 71.4 Å². The highest BCUT2D eigenvalue weighted by atomic mass is 127. The zero-order valence-electron chi connectivity index (χ0n) is 17.8. The van der Waals surface area contributed by atoms with Crippen molar-refractivity contribution in [1.29, 1.82) is 0 Å². The lowest BCUT2D eigenvalue weighted by Gasteiger charge is -2.11. The summed E-state index contributed by atoms with van der Waals surface area (Å²) in [6.45, 7) is 6.35. The maximum Gasteiger partial charge on any atom is 0.191 e. The third-order valence-corrected chi connectivity index (χ3v) is 4.99. The molecule has 30 heavy (non-hydrogen) atoms. The van der Waals surface area contributed by atoms with Gasteiger partial charge in [-0.3, -0.25) is 9.67 Å². The molecule has 1 aromatic carbocycles. The summed E-state index contributed by atoms with van der Waals surface area (Å²) in [5, 5.41) is 15.1. The standard InChI is InChI=1S/C22H30N6O.HI/c1-4-19(5-2)21-13-20(29-27-21)15-25-22(23-3)24-14-17-8-6-9-18(12-17)16-28-11-7-10-26-28;/h6-13,19H,4-5,14-16H2,1-3H3,(H2,23,24,25);1H. The third kappa shape index (κ3) is 6.86. The van der Waals surface area contributed by atoms with Gasteiger partial charge in [0.05, 0.1) is 18.8 Å². The molecule has 3 aromatic rings. The van der Waals surface area contributed by atoms with Gasteiger partial charge in [-0.05, 0) is 30.0 Å². The second-order valence-electron chi connectivity index (χ2n) is 7.03. The predicted octanol–water partition coefficient (Wildman–Crippen LogP) is 4.31. The van der Waals surface area contributed by atoms with Gasteiger partial charge in [0.15, 0.2) is 11.7 Å². The summed E-state index contributed by atoms with van der Waals surface area (Å²) < 4.78 is 7.39. The summed E-state index contributed by atoms with van der Waals surface area (Å²) in [5.74, 6) is 2.00. The van der Waals surface area contributed by atoms with E-state index in [1.807, 2.05) is 23.0 Å². The van der Waals surface area contributed by atoms with Crippen LogP contribution in [-0.2, 0) is 19.6 Å². The van der Waals surface area contributed by atoms with Gasteiger partial charge in [0.25, 0.3) is 0 Å². The van der Waals surface area contributed by atoms with Crippen LogP contribution in [0.1, 0.15) is 55.2 Å². The van der Waals surface area contributed by atoms with Crippen molar-refractivity contribution in [2.24, 2.45) is 4.99 Å². The number of halogens is 1. The van der Waals surface area contributed by atoms with Crippen LogP contribution in [0, 0.1) is 0 Å². The molecule has 0 aliphatic rings. The normalized spacial score (nSPS) is 11.4. The molecule has 0 unspecified atom stereocenters. The van der Waals surface area contributed by atoms with Crippen LogP contribution in [0.15, 0.2) is 58.3 Å². The first-order valence-corrected chi connectivity index (χ1v) is 10.2. The number of nitrogens with one attached hydrogen (secondary N) is 2. The van der Waals surface area contributed by atoms with E-state index < -0.39 is 0 Å². The van der Waals surface area contributed by atoms with Crippen molar-refractivity contribution in [2.45, 2.75) is 52.2 Å². The van der Waals surface area contributed by atoms with Gasteiger partial charge in [0.2, 0.25) is 0 Å². The Morgan fingerprint density at radius 3 is 2.57 bits per heavy atom. The number of hydrogen-bond acceptors (Lipinski definition) is 4. The molecule has 0 atom stereocenters. The number of rotatable bonds is 9. The quantitative estimate of drug-likeness (QED) is 0.249. The predicted molar refractivity (Wildman–Crippen MR) is 130 cm³/mol. The van der Waals surface area contributed by atoms with Gasteiger partial charge in [-0.15, -0.1) is 24.0 Å². The fraction of sp³-hybridized carbons (Fsp3) is 0.409. The Labute approximate surface area is 195 Å². The fourth-order valence-electron chi connectivity index (χ4n) is 3.31. The van der Waals surface area contributed by atoms with E-state index in [1.165, 1.54) is 11.1 Å². The summed E-state index contributed by atoms with van der Waals surface area (Å²) in [4.78, 5) is 4.29. The van der Waals surface area contributed by atoms with Gasteiger partial charge in [-0.2, -0.15) is 5.10 Å². The van der Waals surface area contributed by atoms with E-state index in [-0.39, 0.29) is 24.0 Å². The molecule has 2 heterocycles. The molecular weight excluding hydrogens is 491 g/mol. The van der Waals surface area contributed by atoms with E-state index in [9.17, 15) is 0 Å².